The smallest absolute Gasteiger partial charge is 0.321 e. The molecule has 2 aromatic heterocycles. The number of rotatable bonds is 6. The largest absolute Gasteiger partial charge is 0.465 e. The van der Waals surface area contributed by atoms with Crippen LogP contribution in [0.1, 0.15) is 18.7 Å². The number of carbonyl (C=O) groups excluding carboxylic acids is 2. The van der Waals surface area contributed by atoms with Gasteiger partial charge in [0.05, 0.1) is 36.5 Å². The number of para-hydroxylation sites is 2. The number of aromatic nitrogens is 3. The highest BCUT2D eigenvalue weighted by Gasteiger charge is 2.48. The van der Waals surface area contributed by atoms with Crippen molar-refractivity contribution in [3.8, 4) is 0 Å². The van der Waals surface area contributed by atoms with Crippen LogP contribution in [0.4, 0.5) is 5.95 Å². The Morgan fingerprint density at radius 2 is 1.97 bits per heavy atom. The van der Waals surface area contributed by atoms with Crippen molar-refractivity contribution in [3.63, 3.8) is 0 Å². The van der Waals surface area contributed by atoms with Crippen LogP contribution in [0.5, 0.6) is 0 Å². The van der Waals surface area contributed by atoms with Gasteiger partial charge in [0, 0.05) is 13.3 Å². The first kappa shape index (κ1) is 19.1. The number of benzene rings is 1. The zero-order valence-electron chi connectivity index (χ0n) is 16.3. The van der Waals surface area contributed by atoms with Crippen molar-refractivity contribution in [1.29, 1.82) is 0 Å². The molecule has 150 valence electrons. The van der Waals surface area contributed by atoms with Crippen LogP contribution in [-0.4, -0.2) is 53.3 Å². The van der Waals surface area contributed by atoms with Crippen molar-refractivity contribution in [2.75, 3.05) is 31.8 Å². The number of fused-ring (bicyclic) bond motifs is 3. The van der Waals surface area contributed by atoms with Crippen molar-refractivity contribution >= 4 is 28.9 Å². The average molecular weight is 394 g/mol. The Hall–Kier alpha value is -3.26. The van der Waals surface area contributed by atoms with Crippen LogP contribution >= 0.6 is 0 Å². The molecule has 2 atom stereocenters. The van der Waals surface area contributed by atoms with Gasteiger partial charge in [-0.15, -0.1) is 0 Å². The van der Waals surface area contributed by atoms with Gasteiger partial charge >= 0.3 is 5.97 Å². The third-order valence-corrected chi connectivity index (χ3v) is 4.99. The van der Waals surface area contributed by atoms with Gasteiger partial charge in [-0.2, -0.15) is 0 Å². The summed E-state index contributed by atoms with van der Waals surface area (Å²) in [5.41, 5.74) is 2.17. The number of methoxy groups -OCH3 is 1. The van der Waals surface area contributed by atoms with Crippen LogP contribution in [0, 0.1) is 5.92 Å². The Labute approximate surface area is 168 Å². The molecule has 1 aliphatic heterocycles. The van der Waals surface area contributed by atoms with Crippen molar-refractivity contribution < 1.29 is 19.1 Å². The lowest BCUT2D eigenvalue weighted by Gasteiger charge is -2.37. The summed E-state index contributed by atoms with van der Waals surface area (Å²) in [6.07, 6.45) is 1.65. The van der Waals surface area contributed by atoms with E-state index in [1.54, 1.807) is 26.3 Å². The predicted molar refractivity (Wildman–Crippen MR) is 106 cm³/mol. The molecule has 0 spiro atoms. The lowest BCUT2D eigenvalue weighted by Crippen LogP contribution is -2.51. The lowest BCUT2D eigenvalue weighted by atomic mass is 9.92. The molecule has 8 heteroatoms. The second-order valence-corrected chi connectivity index (χ2v) is 6.68. The van der Waals surface area contributed by atoms with Crippen molar-refractivity contribution in [2.24, 2.45) is 5.92 Å². The number of hydrogen-bond donors (Lipinski definition) is 0. The first-order chi connectivity index (χ1) is 14.2. The molecule has 0 unspecified atom stereocenters. The molecule has 8 nitrogen and oxygen atoms in total. The summed E-state index contributed by atoms with van der Waals surface area (Å²) in [5, 5.41) is 0. The van der Waals surface area contributed by atoms with Gasteiger partial charge in [-0.3, -0.25) is 24.0 Å². The van der Waals surface area contributed by atoms with Gasteiger partial charge in [-0.1, -0.05) is 18.2 Å². The predicted octanol–water partition coefficient (Wildman–Crippen LogP) is 2.19. The third-order valence-electron chi connectivity index (χ3n) is 4.99. The normalized spacial score (nSPS) is 18.7. The van der Waals surface area contributed by atoms with Gasteiger partial charge in [0.2, 0.25) is 11.9 Å². The molecule has 0 N–H and O–H groups in total. The Morgan fingerprint density at radius 1 is 1.17 bits per heavy atom. The Morgan fingerprint density at radius 3 is 2.69 bits per heavy atom. The van der Waals surface area contributed by atoms with E-state index in [1.165, 1.54) is 4.90 Å². The standard InChI is InChI=1S/C21H22N4O4/c1-3-29-20(27)17-18(15-9-6-7-11-22-15)25-16-10-5-4-8-14(16)23-21(25)24(19(17)26)12-13-28-2/h4-11,17-18H,3,12-13H2,1-2H3/t17-,18+/m0/s1. The van der Waals surface area contributed by atoms with E-state index in [4.69, 9.17) is 9.47 Å². The average Bonchev–Trinajstić information content (AvgIpc) is 3.12. The zero-order valence-corrected chi connectivity index (χ0v) is 16.3. The van der Waals surface area contributed by atoms with Gasteiger partial charge in [0.15, 0.2) is 5.92 Å². The van der Waals surface area contributed by atoms with Gasteiger partial charge in [-0.25, -0.2) is 4.98 Å². The van der Waals surface area contributed by atoms with Crippen LogP contribution in [-0.2, 0) is 19.1 Å². The quantitative estimate of drug-likeness (QED) is 0.471. The molecule has 0 fully saturated rings. The number of ether oxygens (including phenoxy) is 2. The number of carbonyl (C=O) groups is 2. The minimum atomic E-state index is -1.06. The van der Waals surface area contributed by atoms with E-state index in [1.807, 2.05) is 41.0 Å². The molecule has 0 radical (unpaired) electrons. The minimum Gasteiger partial charge on any atom is -0.465 e. The Bertz CT molecular complexity index is 1030. The van der Waals surface area contributed by atoms with Gasteiger partial charge in [-0.05, 0) is 31.2 Å². The fourth-order valence-corrected chi connectivity index (χ4v) is 3.76. The molecule has 3 aromatic rings. The maximum atomic E-state index is 13.5. The van der Waals surface area contributed by atoms with E-state index < -0.39 is 17.9 Å². The number of esters is 1. The fourth-order valence-electron chi connectivity index (χ4n) is 3.76. The van der Waals surface area contributed by atoms with Crippen LogP contribution in [0.15, 0.2) is 48.7 Å². The van der Waals surface area contributed by atoms with Crippen LogP contribution < -0.4 is 4.90 Å². The molecular formula is C21H22N4O4. The molecule has 1 aromatic carbocycles. The van der Waals surface area contributed by atoms with Crippen molar-refractivity contribution in [3.05, 3.63) is 54.4 Å². The number of anilines is 1. The lowest BCUT2D eigenvalue weighted by molar-refractivity contribution is -0.153. The van der Waals surface area contributed by atoms with E-state index >= 15 is 0 Å². The molecule has 0 bridgehead atoms. The Kier molecular flexibility index (Phi) is 5.26. The summed E-state index contributed by atoms with van der Waals surface area (Å²) in [5.74, 6) is -1.52. The van der Waals surface area contributed by atoms with E-state index in [0.717, 1.165) is 11.0 Å². The Balaban J connectivity index is 1.97. The summed E-state index contributed by atoms with van der Waals surface area (Å²) in [6, 6.07) is 12.4. The summed E-state index contributed by atoms with van der Waals surface area (Å²) in [7, 11) is 1.57. The SMILES string of the molecule is CCOC(=O)[C@@H]1C(=O)N(CCOC)c2nc3ccccc3n2[C@@H]1c1ccccn1. The minimum absolute atomic E-state index is 0.188. The molecule has 3 heterocycles. The van der Waals surface area contributed by atoms with E-state index in [2.05, 4.69) is 9.97 Å². The van der Waals surface area contributed by atoms with Gasteiger partial charge < -0.3 is 9.47 Å². The van der Waals surface area contributed by atoms with Crippen LogP contribution in [0.2, 0.25) is 0 Å². The second kappa shape index (κ2) is 8.00. The van der Waals surface area contributed by atoms with Crippen molar-refractivity contribution in [1.82, 2.24) is 14.5 Å². The topological polar surface area (TPSA) is 86.5 Å². The summed E-state index contributed by atoms with van der Waals surface area (Å²) in [6.45, 7) is 2.51. The fraction of sp³-hybridized carbons (Fsp3) is 0.333. The first-order valence-electron chi connectivity index (χ1n) is 9.52. The van der Waals surface area contributed by atoms with Crippen LogP contribution in [0.3, 0.4) is 0 Å². The summed E-state index contributed by atoms with van der Waals surface area (Å²) < 4.78 is 12.4. The molecule has 0 aliphatic carbocycles. The third kappa shape index (κ3) is 3.25. The highest BCUT2D eigenvalue weighted by molar-refractivity contribution is 6.08. The van der Waals surface area contributed by atoms with E-state index in [0.29, 0.717) is 18.2 Å². The second-order valence-electron chi connectivity index (χ2n) is 6.68. The van der Waals surface area contributed by atoms with E-state index in [-0.39, 0.29) is 19.1 Å². The molecule has 0 saturated heterocycles. The van der Waals surface area contributed by atoms with Crippen molar-refractivity contribution in [2.45, 2.75) is 13.0 Å². The number of pyridine rings is 1. The van der Waals surface area contributed by atoms with Gasteiger partial charge in [0.25, 0.3) is 0 Å². The molecular weight excluding hydrogens is 372 g/mol. The molecule has 0 saturated carbocycles. The summed E-state index contributed by atoms with van der Waals surface area (Å²) in [4.78, 5) is 37.0. The van der Waals surface area contributed by atoms with E-state index in [9.17, 15) is 9.59 Å². The highest BCUT2D eigenvalue weighted by Crippen LogP contribution is 2.40. The number of amides is 1. The van der Waals surface area contributed by atoms with Gasteiger partial charge in [0.1, 0.15) is 6.04 Å². The van der Waals surface area contributed by atoms with Crippen LogP contribution in [0.25, 0.3) is 11.0 Å². The maximum absolute atomic E-state index is 13.5. The first-order valence-corrected chi connectivity index (χ1v) is 9.52. The number of imidazole rings is 1. The molecule has 1 amide bonds. The highest BCUT2D eigenvalue weighted by atomic mass is 16.5. The summed E-state index contributed by atoms with van der Waals surface area (Å²) >= 11 is 0. The zero-order chi connectivity index (χ0) is 20.4. The molecule has 4 rings (SSSR count). The monoisotopic (exact) mass is 394 g/mol. The maximum Gasteiger partial charge on any atom is 0.321 e. The molecule has 29 heavy (non-hydrogen) atoms. The number of hydrogen-bond acceptors (Lipinski definition) is 6. The number of nitrogens with zero attached hydrogens (tertiary/aromatic N) is 4. The molecule has 1 aliphatic rings.